The number of para-hydroxylation sites is 1. The van der Waals surface area contributed by atoms with Crippen molar-refractivity contribution < 1.29 is 17.6 Å². The zero-order valence-electron chi connectivity index (χ0n) is 7.74. The van der Waals surface area contributed by atoms with Crippen LogP contribution in [0.4, 0.5) is 23.2 Å². The van der Waals surface area contributed by atoms with Crippen LogP contribution in [0.15, 0.2) is 18.2 Å². The van der Waals surface area contributed by atoms with Gasteiger partial charge in [0, 0.05) is 6.54 Å². The van der Waals surface area contributed by atoms with Gasteiger partial charge in [-0.15, -0.1) is 0 Å². The molecule has 1 heterocycles. The molecule has 0 aliphatic carbocycles. The number of benzene rings is 1. The SMILES string of the molecule is Fc1cccc2c1NCCC2C(F)(F)F. The molecular weight excluding hydrogens is 210 g/mol. The van der Waals surface area contributed by atoms with E-state index in [0.717, 1.165) is 6.07 Å². The zero-order valence-corrected chi connectivity index (χ0v) is 7.74. The number of anilines is 1. The molecule has 82 valence electrons. The molecule has 1 unspecified atom stereocenters. The fourth-order valence-electron chi connectivity index (χ4n) is 1.85. The summed E-state index contributed by atoms with van der Waals surface area (Å²) in [5, 5.41) is 2.66. The van der Waals surface area contributed by atoms with E-state index in [4.69, 9.17) is 0 Å². The molecule has 0 fully saturated rings. The van der Waals surface area contributed by atoms with E-state index in [2.05, 4.69) is 5.32 Å². The third-order valence-electron chi connectivity index (χ3n) is 2.55. The predicted octanol–water partition coefficient (Wildman–Crippen LogP) is 3.29. The van der Waals surface area contributed by atoms with Crippen LogP contribution in [0.2, 0.25) is 0 Å². The first-order valence-electron chi connectivity index (χ1n) is 4.59. The molecular formula is C10H9F4N. The van der Waals surface area contributed by atoms with Crippen molar-refractivity contribution in [1.29, 1.82) is 0 Å². The number of hydrogen-bond donors (Lipinski definition) is 1. The molecule has 1 aromatic carbocycles. The van der Waals surface area contributed by atoms with Crippen molar-refractivity contribution in [2.45, 2.75) is 18.5 Å². The summed E-state index contributed by atoms with van der Waals surface area (Å²) in [5.74, 6) is -2.18. The first kappa shape index (κ1) is 10.3. The summed E-state index contributed by atoms with van der Waals surface area (Å²) in [7, 11) is 0. The minimum atomic E-state index is -4.30. The van der Waals surface area contributed by atoms with Crippen molar-refractivity contribution in [3.05, 3.63) is 29.6 Å². The minimum Gasteiger partial charge on any atom is -0.382 e. The molecule has 2 rings (SSSR count). The van der Waals surface area contributed by atoms with Crippen LogP contribution in [0.5, 0.6) is 0 Å². The average Bonchev–Trinajstić information content (AvgIpc) is 2.16. The third kappa shape index (κ3) is 1.78. The molecule has 0 radical (unpaired) electrons. The van der Waals surface area contributed by atoms with Gasteiger partial charge in [-0.2, -0.15) is 13.2 Å². The van der Waals surface area contributed by atoms with Gasteiger partial charge in [0.25, 0.3) is 0 Å². The van der Waals surface area contributed by atoms with Gasteiger partial charge in [-0.3, -0.25) is 0 Å². The van der Waals surface area contributed by atoms with E-state index in [-0.39, 0.29) is 24.2 Å². The fourth-order valence-corrected chi connectivity index (χ4v) is 1.85. The minimum absolute atomic E-state index is 0.00810. The molecule has 1 aliphatic heterocycles. The van der Waals surface area contributed by atoms with E-state index in [1.165, 1.54) is 12.1 Å². The summed E-state index contributed by atoms with van der Waals surface area (Å²) in [6.45, 7) is 0.151. The lowest BCUT2D eigenvalue weighted by molar-refractivity contribution is -0.151. The second kappa shape index (κ2) is 3.40. The monoisotopic (exact) mass is 219 g/mol. The third-order valence-corrected chi connectivity index (χ3v) is 2.55. The van der Waals surface area contributed by atoms with Crippen molar-refractivity contribution in [2.24, 2.45) is 0 Å². The van der Waals surface area contributed by atoms with E-state index in [1.54, 1.807) is 0 Å². The van der Waals surface area contributed by atoms with Gasteiger partial charge in [0.1, 0.15) is 5.82 Å². The van der Waals surface area contributed by atoms with Gasteiger partial charge in [0.05, 0.1) is 11.6 Å². The van der Waals surface area contributed by atoms with E-state index >= 15 is 0 Å². The Hall–Kier alpha value is -1.26. The van der Waals surface area contributed by atoms with Gasteiger partial charge in [-0.1, -0.05) is 12.1 Å². The summed E-state index contributed by atoms with van der Waals surface area (Å²) in [5.41, 5.74) is -0.000162. The predicted molar refractivity (Wildman–Crippen MR) is 48.3 cm³/mol. The molecule has 0 saturated heterocycles. The first-order chi connectivity index (χ1) is 7.00. The van der Waals surface area contributed by atoms with Crippen molar-refractivity contribution in [3.63, 3.8) is 0 Å². The van der Waals surface area contributed by atoms with Crippen LogP contribution in [0, 0.1) is 5.82 Å². The van der Waals surface area contributed by atoms with Crippen molar-refractivity contribution in [2.75, 3.05) is 11.9 Å². The van der Waals surface area contributed by atoms with Crippen molar-refractivity contribution in [3.8, 4) is 0 Å². The van der Waals surface area contributed by atoms with E-state index in [0.29, 0.717) is 0 Å². The lowest BCUT2D eigenvalue weighted by atomic mass is 9.90. The molecule has 1 nitrogen and oxygen atoms in total. The molecule has 1 atom stereocenters. The van der Waals surface area contributed by atoms with Crippen molar-refractivity contribution >= 4 is 5.69 Å². The smallest absolute Gasteiger partial charge is 0.382 e. The Labute approximate surface area is 84.1 Å². The summed E-state index contributed by atoms with van der Waals surface area (Å²) < 4.78 is 51.0. The highest BCUT2D eigenvalue weighted by Gasteiger charge is 2.43. The van der Waals surface area contributed by atoms with Crippen LogP contribution in [0.1, 0.15) is 17.9 Å². The van der Waals surface area contributed by atoms with Crippen LogP contribution in [-0.2, 0) is 0 Å². The van der Waals surface area contributed by atoms with Crippen LogP contribution in [0.25, 0.3) is 0 Å². The standard InChI is InChI=1S/C10H9F4N/c11-8-3-1-2-6-7(10(12,13)14)4-5-15-9(6)8/h1-3,7,15H,4-5H2. The number of fused-ring (bicyclic) bond motifs is 1. The van der Waals surface area contributed by atoms with Crippen LogP contribution < -0.4 is 5.32 Å². The second-order valence-electron chi connectivity index (χ2n) is 3.51. The highest BCUT2D eigenvalue weighted by molar-refractivity contribution is 5.56. The zero-order chi connectivity index (χ0) is 11.1. The van der Waals surface area contributed by atoms with E-state index < -0.39 is 17.9 Å². The summed E-state index contributed by atoms with van der Waals surface area (Å²) in [6, 6.07) is 3.78. The maximum atomic E-state index is 13.2. The number of hydrogen-bond acceptors (Lipinski definition) is 1. The number of rotatable bonds is 0. The molecule has 0 aromatic heterocycles. The molecule has 15 heavy (non-hydrogen) atoms. The Morgan fingerprint density at radius 3 is 2.67 bits per heavy atom. The molecule has 1 N–H and O–H groups in total. The quantitative estimate of drug-likeness (QED) is 0.660. The lowest BCUT2D eigenvalue weighted by Gasteiger charge is -2.28. The molecule has 5 heteroatoms. The van der Waals surface area contributed by atoms with Crippen LogP contribution >= 0.6 is 0 Å². The van der Waals surface area contributed by atoms with Gasteiger partial charge >= 0.3 is 6.18 Å². The Balaban J connectivity index is 2.48. The first-order valence-corrected chi connectivity index (χ1v) is 4.59. The molecule has 0 bridgehead atoms. The van der Waals surface area contributed by atoms with Crippen molar-refractivity contribution in [1.82, 2.24) is 0 Å². The maximum absolute atomic E-state index is 13.2. The molecule has 1 aliphatic rings. The molecule has 0 spiro atoms. The number of nitrogens with one attached hydrogen (secondary N) is 1. The van der Waals surface area contributed by atoms with Gasteiger partial charge in [-0.25, -0.2) is 4.39 Å². The Morgan fingerprint density at radius 1 is 1.27 bits per heavy atom. The van der Waals surface area contributed by atoms with Gasteiger partial charge in [0.2, 0.25) is 0 Å². The Bertz CT molecular complexity index is 372. The highest BCUT2D eigenvalue weighted by Crippen LogP contribution is 2.43. The Kier molecular flexibility index (Phi) is 2.32. The summed E-state index contributed by atoms with van der Waals surface area (Å²) in [6.07, 6.45) is -4.34. The lowest BCUT2D eigenvalue weighted by Crippen LogP contribution is -2.28. The number of halogens is 4. The second-order valence-corrected chi connectivity index (χ2v) is 3.51. The maximum Gasteiger partial charge on any atom is 0.395 e. The normalized spacial score (nSPS) is 20.7. The van der Waals surface area contributed by atoms with Crippen LogP contribution in [0.3, 0.4) is 0 Å². The van der Waals surface area contributed by atoms with Crippen LogP contribution in [-0.4, -0.2) is 12.7 Å². The summed E-state index contributed by atoms with van der Waals surface area (Å²) in [4.78, 5) is 0. The van der Waals surface area contributed by atoms with Gasteiger partial charge in [0.15, 0.2) is 0 Å². The van der Waals surface area contributed by atoms with E-state index in [1.807, 2.05) is 0 Å². The van der Waals surface area contributed by atoms with Gasteiger partial charge in [-0.05, 0) is 18.1 Å². The fraction of sp³-hybridized carbons (Fsp3) is 0.400. The molecule has 1 aromatic rings. The number of alkyl halides is 3. The van der Waals surface area contributed by atoms with E-state index in [9.17, 15) is 17.6 Å². The molecule has 0 saturated carbocycles. The largest absolute Gasteiger partial charge is 0.395 e. The molecule has 0 amide bonds. The average molecular weight is 219 g/mol. The summed E-state index contributed by atoms with van der Waals surface area (Å²) >= 11 is 0. The Morgan fingerprint density at radius 2 is 2.00 bits per heavy atom. The topological polar surface area (TPSA) is 12.0 Å². The van der Waals surface area contributed by atoms with Gasteiger partial charge < -0.3 is 5.32 Å². The highest BCUT2D eigenvalue weighted by atomic mass is 19.4.